The van der Waals surface area contributed by atoms with Crippen LogP contribution in [0.2, 0.25) is 5.02 Å². The first-order valence-electron chi connectivity index (χ1n) is 6.43. The lowest BCUT2D eigenvalue weighted by Crippen LogP contribution is -2.11. The summed E-state index contributed by atoms with van der Waals surface area (Å²) < 4.78 is 18.5. The minimum atomic E-state index is -0.427. The lowest BCUT2D eigenvalue weighted by atomic mass is 9.99. The van der Waals surface area contributed by atoms with Crippen LogP contribution in [0.4, 0.5) is 4.39 Å². The van der Waals surface area contributed by atoms with Crippen LogP contribution in [0.5, 0.6) is 5.75 Å². The van der Waals surface area contributed by atoms with Crippen LogP contribution in [-0.2, 0) is 6.42 Å². The maximum atomic E-state index is 13.4. The van der Waals surface area contributed by atoms with E-state index in [2.05, 4.69) is 0 Å². The first kappa shape index (κ1) is 14.8. The van der Waals surface area contributed by atoms with E-state index in [-0.39, 0.29) is 11.1 Å². The fraction of sp³-hybridized carbons (Fsp3) is 0.250. The molecule has 2 aromatic carbocycles. The Bertz CT molecular complexity index is 571. The first-order valence-corrected chi connectivity index (χ1v) is 6.81. The van der Waals surface area contributed by atoms with Crippen molar-refractivity contribution in [2.45, 2.75) is 18.9 Å². The lowest BCUT2D eigenvalue weighted by molar-refractivity contribution is 0.414. The predicted molar refractivity (Wildman–Crippen MR) is 79.7 cm³/mol. The van der Waals surface area contributed by atoms with Gasteiger partial charge in [-0.2, -0.15) is 0 Å². The molecule has 0 radical (unpaired) electrons. The van der Waals surface area contributed by atoms with Crippen LogP contribution in [0.15, 0.2) is 42.5 Å². The third-order valence-corrected chi connectivity index (χ3v) is 3.58. The largest absolute Gasteiger partial charge is 0.497 e. The van der Waals surface area contributed by atoms with Gasteiger partial charge in [0, 0.05) is 6.04 Å². The third-order valence-electron chi connectivity index (χ3n) is 3.27. The van der Waals surface area contributed by atoms with Gasteiger partial charge >= 0.3 is 0 Å². The van der Waals surface area contributed by atoms with Gasteiger partial charge in [-0.3, -0.25) is 0 Å². The van der Waals surface area contributed by atoms with Crippen molar-refractivity contribution in [1.82, 2.24) is 0 Å². The monoisotopic (exact) mass is 293 g/mol. The van der Waals surface area contributed by atoms with Crippen LogP contribution < -0.4 is 10.5 Å². The van der Waals surface area contributed by atoms with E-state index in [0.29, 0.717) is 0 Å². The van der Waals surface area contributed by atoms with E-state index in [1.165, 1.54) is 11.6 Å². The molecule has 0 amide bonds. The van der Waals surface area contributed by atoms with E-state index in [9.17, 15) is 4.39 Å². The summed E-state index contributed by atoms with van der Waals surface area (Å²) in [5, 5.41) is 0.121. The Balaban J connectivity index is 1.96. The molecule has 0 saturated carbocycles. The Morgan fingerprint density at radius 2 is 1.90 bits per heavy atom. The van der Waals surface area contributed by atoms with Crippen LogP contribution >= 0.6 is 11.6 Å². The fourth-order valence-corrected chi connectivity index (χ4v) is 2.14. The van der Waals surface area contributed by atoms with Gasteiger partial charge in [0.05, 0.1) is 12.1 Å². The highest BCUT2D eigenvalue weighted by Gasteiger charge is 2.09. The first-order chi connectivity index (χ1) is 9.60. The number of hydrogen-bond donors (Lipinski definition) is 1. The van der Waals surface area contributed by atoms with Crippen LogP contribution in [0.25, 0.3) is 0 Å². The fourth-order valence-electron chi connectivity index (χ4n) is 2.02. The van der Waals surface area contributed by atoms with Crippen LogP contribution in [0, 0.1) is 5.82 Å². The summed E-state index contributed by atoms with van der Waals surface area (Å²) in [6, 6.07) is 12.4. The molecule has 1 atom stereocenters. The topological polar surface area (TPSA) is 35.2 Å². The zero-order valence-corrected chi connectivity index (χ0v) is 12.0. The van der Waals surface area contributed by atoms with E-state index in [1.807, 2.05) is 24.3 Å². The number of hydrogen-bond acceptors (Lipinski definition) is 2. The maximum absolute atomic E-state index is 13.4. The van der Waals surface area contributed by atoms with E-state index in [4.69, 9.17) is 22.1 Å². The molecule has 0 heterocycles. The van der Waals surface area contributed by atoms with Gasteiger partial charge in [-0.15, -0.1) is 0 Å². The minimum Gasteiger partial charge on any atom is -0.497 e. The predicted octanol–water partition coefficient (Wildman–Crippen LogP) is 4.12. The van der Waals surface area contributed by atoms with E-state index in [1.54, 1.807) is 19.2 Å². The number of ether oxygens (including phenoxy) is 1. The molecule has 0 aliphatic rings. The smallest absolute Gasteiger partial charge is 0.142 e. The quantitative estimate of drug-likeness (QED) is 0.900. The SMILES string of the molecule is COc1ccc(CCC(N)c2ccc(Cl)c(F)c2)cc1. The minimum absolute atomic E-state index is 0.121. The summed E-state index contributed by atoms with van der Waals surface area (Å²) in [6.07, 6.45) is 1.57. The van der Waals surface area contributed by atoms with E-state index >= 15 is 0 Å². The molecular weight excluding hydrogens is 277 g/mol. The van der Waals surface area contributed by atoms with Crippen molar-refractivity contribution in [2.75, 3.05) is 7.11 Å². The van der Waals surface area contributed by atoms with Crippen LogP contribution in [0.3, 0.4) is 0 Å². The Morgan fingerprint density at radius 1 is 1.20 bits per heavy atom. The molecule has 2 N–H and O–H groups in total. The lowest BCUT2D eigenvalue weighted by Gasteiger charge is -2.12. The third kappa shape index (κ3) is 3.71. The van der Waals surface area contributed by atoms with Crippen molar-refractivity contribution in [3.8, 4) is 5.75 Å². The number of benzene rings is 2. The molecule has 0 aliphatic heterocycles. The van der Waals surface area contributed by atoms with Gasteiger partial charge in [0.25, 0.3) is 0 Å². The van der Waals surface area contributed by atoms with Crippen molar-refractivity contribution in [1.29, 1.82) is 0 Å². The summed E-state index contributed by atoms with van der Waals surface area (Å²) in [4.78, 5) is 0. The molecule has 20 heavy (non-hydrogen) atoms. The Hall–Kier alpha value is -1.58. The highest BCUT2D eigenvalue weighted by Crippen LogP contribution is 2.22. The summed E-state index contributed by atoms with van der Waals surface area (Å²) >= 11 is 5.66. The molecule has 106 valence electrons. The van der Waals surface area contributed by atoms with E-state index < -0.39 is 5.82 Å². The Kier molecular flexibility index (Phi) is 4.99. The summed E-state index contributed by atoms with van der Waals surface area (Å²) in [7, 11) is 1.64. The summed E-state index contributed by atoms with van der Waals surface area (Å²) in [5.41, 5.74) is 8.02. The zero-order chi connectivity index (χ0) is 14.5. The molecule has 2 aromatic rings. The van der Waals surface area contributed by atoms with Gasteiger partial charge in [-0.05, 0) is 48.2 Å². The highest BCUT2D eigenvalue weighted by molar-refractivity contribution is 6.30. The normalized spacial score (nSPS) is 12.2. The number of rotatable bonds is 5. The van der Waals surface area contributed by atoms with Crippen molar-refractivity contribution in [2.24, 2.45) is 5.73 Å². The molecular formula is C16H17ClFNO. The average molecular weight is 294 g/mol. The van der Waals surface area contributed by atoms with Gasteiger partial charge < -0.3 is 10.5 Å². The van der Waals surface area contributed by atoms with Gasteiger partial charge in [-0.25, -0.2) is 4.39 Å². The standard InChI is InChI=1S/C16H17ClFNO/c1-20-13-6-2-11(3-7-13)4-9-16(19)12-5-8-14(17)15(18)10-12/h2-3,5-8,10,16H,4,9,19H2,1H3. The molecule has 0 aromatic heterocycles. The van der Waals surface area contributed by atoms with Crippen molar-refractivity contribution >= 4 is 11.6 Å². The molecule has 0 aliphatic carbocycles. The number of nitrogens with two attached hydrogens (primary N) is 1. The Morgan fingerprint density at radius 3 is 2.50 bits per heavy atom. The second-order valence-electron chi connectivity index (χ2n) is 4.67. The average Bonchev–Trinajstić information content (AvgIpc) is 2.48. The van der Waals surface area contributed by atoms with Crippen molar-refractivity contribution < 1.29 is 9.13 Å². The van der Waals surface area contributed by atoms with Crippen molar-refractivity contribution in [3.05, 3.63) is 64.4 Å². The van der Waals surface area contributed by atoms with Crippen LogP contribution in [0.1, 0.15) is 23.6 Å². The highest BCUT2D eigenvalue weighted by atomic mass is 35.5. The molecule has 4 heteroatoms. The van der Waals surface area contributed by atoms with Gasteiger partial charge in [0.15, 0.2) is 0 Å². The molecule has 0 saturated heterocycles. The molecule has 2 nitrogen and oxygen atoms in total. The second kappa shape index (κ2) is 6.73. The zero-order valence-electron chi connectivity index (χ0n) is 11.3. The molecule has 2 rings (SSSR count). The second-order valence-corrected chi connectivity index (χ2v) is 5.07. The number of methoxy groups -OCH3 is 1. The van der Waals surface area contributed by atoms with Gasteiger partial charge in [-0.1, -0.05) is 29.8 Å². The maximum Gasteiger partial charge on any atom is 0.142 e. The summed E-state index contributed by atoms with van der Waals surface area (Å²) in [5.74, 6) is 0.405. The van der Waals surface area contributed by atoms with Gasteiger partial charge in [0.2, 0.25) is 0 Å². The van der Waals surface area contributed by atoms with E-state index in [0.717, 1.165) is 24.2 Å². The Labute approximate surface area is 123 Å². The molecule has 0 spiro atoms. The van der Waals surface area contributed by atoms with Crippen LogP contribution in [-0.4, -0.2) is 7.11 Å². The molecule has 0 bridgehead atoms. The summed E-state index contributed by atoms with van der Waals surface area (Å²) in [6.45, 7) is 0. The molecule has 0 fully saturated rings. The number of aryl methyl sites for hydroxylation is 1. The van der Waals surface area contributed by atoms with Crippen molar-refractivity contribution in [3.63, 3.8) is 0 Å². The number of halogens is 2. The molecule has 1 unspecified atom stereocenters. The van der Waals surface area contributed by atoms with Gasteiger partial charge in [0.1, 0.15) is 11.6 Å².